The number of carbonyl (C=O) groups is 1. The lowest BCUT2D eigenvalue weighted by Crippen LogP contribution is -1.99. The van der Waals surface area contributed by atoms with Crippen LogP contribution in [0.15, 0.2) is 47.7 Å². The molecule has 0 radical (unpaired) electrons. The number of hydrogen-bond acceptors (Lipinski definition) is 2. The van der Waals surface area contributed by atoms with Crippen LogP contribution in [0, 0.1) is 0 Å². The fourth-order valence-corrected chi connectivity index (χ4v) is 0.766. The molecular weight excluding hydrogens is 154 g/mol. The number of carboxylic acids is 1. The van der Waals surface area contributed by atoms with Gasteiger partial charge in [0.2, 0.25) is 0 Å². The Kier molecular flexibility index (Phi) is 2.48. The van der Waals surface area contributed by atoms with Crippen LogP contribution in [0.5, 0.6) is 0 Å². The van der Waals surface area contributed by atoms with Crippen molar-refractivity contribution >= 4 is 5.97 Å². The molecule has 0 aromatic rings. The Hall–Kier alpha value is -1.77. The Balaban J connectivity index is 2.93. The van der Waals surface area contributed by atoms with Crippen molar-refractivity contribution in [3.8, 4) is 0 Å². The van der Waals surface area contributed by atoms with E-state index < -0.39 is 5.97 Å². The van der Waals surface area contributed by atoms with E-state index in [1.54, 1.807) is 24.3 Å². The first kappa shape index (κ1) is 8.33. The average Bonchev–Trinajstić information content (AvgIpc) is 1.97. The molecule has 0 saturated heterocycles. The topological polar surface area (TPSA) is 63.3 Å². The van der Waals surface area contributed by atoms with Gasteiger partial charge in [-0.3, -0.25) is 0 Å². The molecule has 1 aliphatic rings. The molecule has 0 fully saturated rings. The lowest BCUT2D eigenvalue weighted by atomic mass is 10.2. The van der Waals surface area contributed by atoms with Crippen molar-refractivity contribution in [2.75, 3.05) is 0 Å². The third-order valence-electron chi connectivity index (χ3n) is 1.38. The van der Waals surface area contributed by atoms with E-state index in [1.807, 2.05) is 0 Å². The van der Waals surface area contributed by atoms with Gasteiger partial charge in [-0.25, -0.2) is 4.79 Å². The van der Waals surface area contributed by atoms with Crippen LogP contribution in [-0.4, -0.2) is 11.1 Å². The van der Waals surface area contributed by atoms with Gasteiger partial charge in [-0.05, 0) is 24.3 Å². The van der Waals surface area contributed by atoms with Crippen molar-refractivity contribution in [1.82, 2.24) is 0 Å². The second-order valence-corrected chi connectivity index (χ2v) is 2.31. The molecule has 1 aliphatic carbocycles. The van der Waals surface area contributed by atoms with Crippen molar-refractivity contribution in [2.45, 2.75) is 0 Å². The summed E-state index contributed by atoms with van der Waals surface area (Å²) >= 11 is 0. The van der Waals surface area contributed by atoms with Gasteiger partial charge in [0, 0.05) is 5.70 Å². The van der Waals surface area contributed by atoms with E-state index in [0.717, 1.165) is 0 Å². The number of allylic oxidation sites excluding steroid dienone is 5. The van der Waals surface area contributed by atoms with Gasteiger partial charge >= 0.3 is 5.97 Å². The van der Waals surface area contributed by atoms with Crippen molar-refractivity contribution < 1.29 is 9.90 Å². The molecular formula is C9H9NO2. The number of nitrogens with two attached hydrogens (primary N) is 1. The lowest BCUT2D eigenvalue weighted by molar-refractivity contribution is -0.132. The van der Waals surface area contributed by atoms with E-state index in [-0.39, 0.29) is 5.57 Å². The van der Waals surface area contributed by atoms with E-state index >= 15 is 0 Å². The minimum absolute atomic E-state index is 0.224. The summed E-state index contributed by atoms with van der Waals surface area (Å²) in [4.78, 5) is 10.5. The van der Waals surface area contributed by atoms with E-state index in [4.69, 9.17) is 10.8 Å². The van der Waals surface area contributed by atoms with Gasteiger partial charge < -0.3 is 10.8 Å². The minimum atomic E-state index is -0.953. The van der Waals surface area contributed by atoms with Gasteiger partial charge in [0.25, 0.3) is 0 Å². The third kappa shape index (κ3) is 2.12. The standard InChI is InChI=1S/C9H9NO2/c10-8-4-2-1-3-7(5-6-8)9(11)12/h1-6H,10H2,(H,11,12)/b2-1-,3-1?,4-2?,6-5-,7-3+,7-5?,8-4+,8-6?. The summed E-state index contributed by atoms with van der Waals surface area (Å²) in [6.07, 6.45) is 9.58. The first-order valence-corrected chi connectivity index (χ1v) is 3.45. The Morgan fingerprint density at radius 2 is 1.92 bits per heavy atom. The Morgan fingerprint density at radius 1 is 1.25 bits per heavy atom. The molecule has 0 atom stereocenters. The van der Waals surface area contributed by atoms with Gasteiger partial charge in [-0.15, -0.1) is 0 Å². The van der Waals surface area contributed by atoms with Gasteiger partial charge in [0.1, 0.15) is 0 Å². The first-order chi connectivity index (χ1) is 5.70. The van der Waals surface area contributed by atoms with E-state index in [0.29, 0.717) is 5.70 Å². The molecule has 1 rings (SSSR count). The highest BCUT2D eigenvalue weighted by Gasteiger charge is 2.01. The summed E-state index contributed by atoms with van der Waals surface area (Å²) in [7, 11) is 0. The Bertz CT molecular complexity index is 308. The summed E-state index contributed by atoms with van der Waals surface area (Å²) < 4.78 is 0. The Labute approximate surface area is 70.2 Å². The number of aliphatic carboxylic acids is 1. The highest BCUT2D eigenvalue weighted by atomic mass is 16.4. The summed E-state index contributed by atoms with van der Waals surface area (Å²) in [5.41, 5.74) is 6.23. The molecule has 12 heavy (non-hydrogen) atoms. The second kappa shape index (κ2) is 3.57. The quantitative estimate of drug-likeness (QED) is 0.605. The second-order valence-electron chi connectivity index (χ2n) is 2.31. The summed E-state index contributed by atoms with van der Waals surface area (Å²) in [5.74, 6) is -0.953. The van der Waals surface area contributed by atoms with E-state index in [1.165, 1.54) is 12.2 Å². The van der Waals surface area contributed by atoms with Crippen LogP contribution in [0.1, 0.15) is 0 Å². The van der Waals surface area contributed by atoms with Crippen LogP contribution in [0.4, 0.5) is 0 Å². The molecule has 0 saturated carbocycles. The zero-order valence-corrected chi connectivity index (χ0v) is 6.40. The molecule has 0 aliphatic heterocycles. The fraction of sp³-hybridized carbons (Fsp3) is 0. The van der Waals surface area contributed by atoms with Crippen molar-refractivity contribution in [3.05, 3.63) is 47.7 Å². The van der Waals surface area contributed by atoms with Crippen LogP contribution < -0.4 is 5.73 Å². The van der Waals surface area contributed by atoms with Crippen molar-refractivity contribution in [2.24, 2.45) is 5.73 Å². The van der Waals surface area contributed by atoms with Gasteiger partial charge in [-0.1, -0.05) is 12.2 Å². The largest absolute Gasteiger partial charge is 0.478 e. The van der Waals surface area contributed by atoms with E-state index in [2.05, 4.69) is 0 Å². The molecule has 0 spiro atoms. The zero-order chi connectivity index (χ0) is 8.97. The van der Waals surface area contributed by atoms with Gasteiger partial charge in [0.15, 0.2) is 0 Å². The maximum atomic E-state index is 10.5. The zero-order valence-electron chi connectivity index (χ0n) is 6.40. The molecule has 0 bridgehead atoms. The SMILES string of the molecule is NC1=C/C=C\C=C(C(=O)O)/C=C\1. The van der Waals surface area contributed by atoms with E-state index in [9.17, 15) is 4.79 Å². The van der Waals surface area contributed by atoms with Crippen molar-refractivity contribution in [1.29, 1.82) is 0 Å². The van der Waals surface area contributed by atoms with Crippen LogP contribution in [-0.2, 0) is 4.79 Å². The van der Waals surface area contributed by atoms with Crippen LogP contribution >= 0.6 is 0 Å². The summed E-state index contributed by atoms with van der Waals surface area (Å²) in [6.45, 7) is 0. The van der Waals surface area contributed by atoms with Crippen LogP contribution in [0.2, 0.25) is 0 Å². The third-order valence-corrected chi connectivity index (χ3v) is 1.38. The molecule has 0 heterocycles. The van der Waals surface area contributed by atoms with Crippen LogP contribution in [0.3, 0.4) is 0 Å². The number of hydrogen-bond donors (Lipinski definition) is 2. The lowest BCUT2D eigenvalue weighted by Gasteiger charge is -1.95. The average molecular weight is 163 g/mol. The Morgan fingerprint density at radius 3 is 2.58 bits per heavy atom. The van der Waals surface area contributed by atoms with Gasteiger partial charge in [-0.2, -0.15) is 0 Å². The predicted molar refractivity (Wildman–Crippen MR) is 46.3 cm³/mol. The molecule has 3 N–H and O–H groups in total. The molecule has 3 nitrogen and oxygen atoms in total. The maximum absolute atomic E-state index is 10.5. The molecule has 62 valence electrons. The summed E-state index contributed by atoms with van der Waals surface area (Å²) in [5, 5.41) is 8.63. The molecule has 0 aromatic carbocycles. The minimum Gasteiger partial charge on any atom is -0.478 e. The summed E-state index contributed by atoms with van der Waals surface area (Å²) in [6, 6.07) is 0. The van der Waals surface area contributed by atoms with Crippen molar-refractivity contribution in [3.63, 3.8) is 0 Å². The maximum Gasteiger partial charge on any atom is 0.335 e. The normalized spacial score (nSPS) is 30.0. The molecule has 3 heteroatoms. The fourth-order valence-electron chi connectivity index (χ4n) is 0.766. The van der Waals surface area contributed by atoms with Crippen LogP contribution in [0.25, 0.3) is 0 Å². The highest BCUT2D eigenvalue weighted by molar-refractivity contribution is 5.90. The molecule has 0 unspecified atom stereocenters. The molecule has 0 aromatic heterocycles. The highest BCUT2D eigenvalue weighted by Crippen LogP contribution is 2.03. The first-order valence-electron chi connectivity index (χ1n) is 3.45. The smallest absolute Gasteiger partial charge is 0.335 e. The predicted octanol–water partition coefficient (Wildman–Crippen LogP) is 0.966. The monoisotopic (exact) mass is 163 g/mol. The number of rotatable bonds is 1. The van der Waals surface area contributed by atoms with Gasteiger partial charge in [0.05, 0.1) is 5.57 Å². The molecule has 0 amide bonds. The number of carboxylic acid groups (broad SMARTS) is 1.